The molecule has 0 fully saturated rings. The summed E-state index contributed by atoms with van der Waals surface area (Å²) >= 11 is 5.56. The SMILES string of the molecule is CC(=O)CCOc1cccc2c1C(=O)c1c(OCCC(C)=O)cc(NC(=O)CCl)cc1C2=O. The molecule has 2 aromatic rings. The van der Waals surface area contributed by atoms with Crippen LogP contribution in [0.1, 0.15) is 58.5 Å². The topological polar surface area (TPSA) is 116 Å². The minimum absolute atomic E-state index is 0.0141. The van der Waals surface area contributed by atoms with Crippen LogP contribution in [0.15, 0.2) is 30.3 Å². The molecular formula is C24H22ClNO7. The standard InChI is InChI=1S/C24H22ClNO7/c1-13(27)6-8-32-18-5-3-4-16-21(18)24(31)22-17(23(16)30)10-15(26-20(29)12-25)11-19(22)33-9-7-14(2)28/h3-5,10-11H,6-9,12H2,1-2H3,(H,26,29). The lowest BCUT2D eigenvalue weighted by molar-refractivity contribution is -0.118. The first-order chi connectivity index (χ1) is 15.7. The van der Waals surface area contributed by atoms with E-state index < -0.39 is 17.5 Å². The third-order valence-electron chi connectivity index (χ3n) is 4.90. The number of alkyl halides is 1. The smallest absolute Gasteiger partial charge is 0.239 e. The first-order valence-electron chi connectivity index (χ1n) is 10.2. The van der Waals surface area contributed by atoms with Crippen LogP contribution in [0.2, 0.25) is 0 Å². The minimum atomic E-state index is -0.498. The van der Waals surface area contributed by atoms with Crippen molar-refractivity contribution >= 4 is 46.3 Å². The molecule has 1 aliphatic rings. The Labute approximate surface area is 195 Å². The zero-order valence-electron chi connectivity index (χ0n) is 18.2. The van der Waals surface area contributed by atoms with Gasteiger partial charge in [-0.2, -0.15) is 0 Å². The molecule has 0 aromatic heterocycles. The van der Waals surface area contributed by atoms with Gasteiger partial charge in [0, 0.05) is 35.7 Å². The second kappa shape index (κ2) is 10.4. The fraction of sp³-hybridized carbons (Fsp3) is 0.292. The van der Waals surface area contributed by atoms with Gasteiger partial charge < -0.3 is 14.8 Å². The molecule has 9 heteroatoms. The number of nitrogens with one attached hydrogen (secondary N) is 1. The number of carbonyl (C=O) groups is 5. The first-order valence-corrected chi connectivity index (χ1v) is 10.8. The number of benzene rings is 2. The van der Waals surface area contributed by atoms with Crippen molar-refractivity contribution in [2.45, 2.75) is 26.7 Å². The van der Waals surface area contributed by atoms with Gasteiger partial charge in [-0.3, -0.25) is 24.0 Å². The quantitative estimate of drug-likeness (QED) is 0.451. The van der Waals surface area contributed by atoms with Crippen molar-refractivity contribution in [2.24, 2.45) is 0 Å². The Morgan fingerprint density at radius 3 is 2.06 bits per heavy atom. The molecule has 3 rings (SSSR count). The Bertz CT molecular complexity index is 1160. The van der Waals surface area contributed by atoms with Gasteiger partial charge >= 0.3 is 0 Å². The van der Waals surface area contributed by atoms with Crippen LogP contribution in [0.5, 0.6) is 11.5 Å². The largest absolute Gasteiger partial charge is 0.492 e. The second-order valence-corrected chi connectivity index (χ2v) is 7.78. The van der Waals surface area contributed by atoms with Gasteiger partial charge in [-0.15, -0.1) is 11.6 Å². The Hall–Kier alpha value is -3.52. The van der Waals surface area contributed by atoms with Crippen molar-refractivity contribution in [2.75, 3.05) is 24.4 Å². The highest BCUT2D eigenvalue weighted by Gasteiger charge is 2.35. The number of hydrogen-bond acceptors (Lipinski definition) is 7. The average Bonchev–Trinajstić information content (AvgIpc) is 2.76. The van der Waals surface area contributed by atoms with E-state index in [1.54, 1.807) is 12.1 Å². The molecule has 0 spiro atoms. The molecule has 0 saturated heterocycles. The number of ketones is 4. The Kier molecular flexibility index (Phi) is 7.60. The molecule has 2 aromatic carbocycles. The summed E-state index contributed by atoms with van der Waals surface area (Å²) < 4.78 is 11.3. The number of anilines is 1. The van der Waals surface area contributed by atoms with Crippen LogP contribution in [0.25, 0.3) is 0 Å². The van der Waals surface area contributed by atoms with Crippen molar-refractivity contribution < 1.29 is 33.4 Å². The fourth-order valence-corrected chi connectivity index (χ4v) is 3.43. The van der Waals surface area contributed by atoms with Gasteiger partial charge in [-0.1, -0.05) is 12.1 Å². The lowest BCUT2D eigenvalue weighted by Gasteiger charge is -2.23. The highest BCUT2D eigenvalue weighted by Crippen LogP contribution is 2.39. The first kappa shape index (κ1) is 24.1. The molecule has 0 bridgehead atoms. The molecule has 0 aliphatic heterocycles. The van der Waals surface area contributed by atoms with Crippen LogP contribution in [-0.2, 0) is 14.4 Å². The number of Topliss-reactive ketones (excluding diaryl/α,β-unsaturated/α-hetero) is 2. The molecule has 1 N–H and O–H groups in total. The van der Waals surface area contributed by atoms with Crippen molar-refractivity contribution in [3.63, 3.8) is 0 Å². The van der Waals surface area contributed by atoms with Crippen molar-refractivity contribution in [3.8, 4) is 11.5 Å². The van der Waals surface area contributed by atoms with Crippen molar-refractivity contribution in [1.82, 2.24) is 0 Å². The normalized spacial score (nSPS) is 12.0. The summed E-state index contributed by atoms with van der Waals surface area (Å²) in [6.07, 6.45) is 0.261. The number of hydrogen-bond donors (Lipinski definition) is 1. The van der Waals surface area contributed by atoms with Crippen LogP contribution < -0.4 is 14.8 Å². The van der Waals surface area contributed by atoms with Crippen molar-refractivity contribution in [1.29, 1.82) is 0 Å². The number of rotatable bonds is 10. The Morgan fingerprint density at radius 2 is 1.45 bits per heavy atom. The van der Waals surface area contributed by atoms with Gasteiger partial charge in [0.2, 0.25) is 11.7 Å². The fourth-order valence-electron chi connectivity index (χ4n) is 3.36. The van der Waals surface area contributed by atoms with E-state index >= 15 is 0 Å². The van der Waals surface area contributed by atoms with Crippen LogP contribution >= 0.6 is 11.6 Å². The van der Waals surface area contributed by atoms with E-state index in [4.69, 9.17) is 21.1 Å². The van der Waals surface area contributed by atoms with Gasteiger partial charge in [0.25, 0.3) is 0 Å². The molecule has 0 atom stereocenters. The average molecular weight is 472 g/mol. The monoisotopic (exact) mass is 471 g/mol. The lowest BCUT2D eigenvalue weighted by Crippen LogP contribution is -2.24. The molecule has 172 valence electrons. The predicted molar refractivity (Wildman–Crippen MR) is 121 cm³/mol. The number of amides is 1. The predicted octanol–water partition coefficient (Wildman–Crippen LogP) is 3.36. The summed E-state index contributed by atoms with van der Waals surface area (Å²) in [4.78, 5) is 61.2. The summed E-state index contributed by atoms with van der Waals surface area (Å²) in [5.74, 6) is -1.67. The minimum Gasteiger partial charge on any atom is -0.492 e. The van der Waals surface area contributed by atoms with Crippen LogP contribution in [0.4, 0.5) is 5.69 Å². The Balaban J connectivity index is 2.07. The summed E-state index contributed by atoms with van der Waals surface area (Å²) in [5, 5.41) is 2.55. The van der Waals surface area contributed by atoms with Gasteiger partial charge in [-0.05, 0) is 26.0 Å². The van der Waals surface area contributed by atoms with E-state index in [1.165, 1.54) is 32.0 Å². The molecule has 0 heterocycles. The molecule has 0 radical (unpaired) electrons. The summed E-state index contributed by atoms with van der Waals surface area (Å²) in [6, 6.07) is 7.46. The molecule has 0 unspecified atom stereocenters. The summed E-state index contributed by atoms with van der Waals surface area (Å²) in [5.41, 5.74) is 0.521. The molecule has 1 amide bonds. The third kappa shape index (κ3) is 5.46. The summed E-state index contributed by atoms with van der Waals surface area (Å²) in [6.45, 7) is 2.89. The van der Waals surface area contributed by atoms with Gasteiger partial charge in [0.05, 0.1) is 24.3 Å². The number of ether oxygens (including phenoxy) is 2. The number of fused-ring (bicyclic) bond motifs is 2. The van der Waals surface area contributed by atoms with E-state index in [1.807, 2.05) is 0 Å². The van der Waals surface area contributed by atoms with Crippen LogP contribution in [0, 0.1) is 0 Å². The van der Waals surface area contributed by atoms with Crippen molar-refractivity contribution in [3.05, 3.63) is 52.6 Å². The second-order valence-electron chi connectivity index (χ2n) is 7.52. The molecule has 1 aliphatic carbocycles. The highest BCUT2D eigenvalue weighted by molar-refractivity contribution is 6.31. The van der Waals surface area contributed by atoms with E-state index in [-0.39, 0.29) is 82.9 Å². The number of halogens is 1. The number of carbonyl (C=O) groups excluding carboxylic acids is 5. The van der Waals surface area contributed by atoms with Gasteiger partial charge in [0.1, 0.15) is 28.9 Å². The van der Waals surface area contributed by atoms with Crippen LogP contribution in [0.3, 0.4) is 0 Å². The van der Waals surface area contributed by atoms with Crippen LogP contribution in [-0.4, -0.2) is 48.1 Å². The maximum Gasteiger partial charge on any atom is 0.239 e. The van der Waals surface area contributed by atoms with E-state index in [9.17, 15) is 24.0 Å². The zero-order valence-corrected chi connectivity index (χ0v) is 18.9. The van der Waals surface area contributed by atoms with E-state index in [2.05, 4.69) is 5.32 Å². The van der Waals surface area contributed by atoms with Gasteiger partial charge in [0.15, 0.2) is 5.78 Å². The lowest BCUT2D eigenvalue weighted by atomic mass is 9.82. The molecular weight excluding hydrogens is 450 g/mol. The molecule has 33 heavy (non-hydrogen) atoms. The zero-order chi connectivity index (χ0) is 24.1. The highest BCUT2D eigenvalue weighted by atomic mass is 35.5. The Morgan fingerprint density at radius 1 is 0.848 bits per heavy atom. The summed E-state index contributed by atoms with van der Waals surface area (Å²) in [7, 11) is 0. The maximum absolute atomic E-state index is 13.5. The van der Waals surface area contributed by atoms with Gasteiger partial charge in [-0.25, -0.2) is 0 Å². The third-order valence-corrected chi connectivity index (χ3v) is 5.14. The molecule has 8 nitrogen and oxygen atoms in total. The molecule has 0 saturated carbocycles. The maximum atomic E-state index is 13.5. The van der Waals surface area contributed by atoms with E-state index in [0.717, 1.165) is 0 Å². The van der Waals surface area contributed by atoms with E-state index in [0.29, 0.717) is 0 Å².